The van der Waals surface area contributed by atoms with Crippen molar-refractivity contribution in [2.45, 2.75) is 64.0 Å². The molecule has 1 saturated heterocycles. The van der Waals surface area contributed by atoms with Gasteiger partial charge in [-0.05, 0) is 50.0 Å². The highest BCUT2D eigenvalue weighted by Gasteiger charge is 2.47. The van der Waals surface area contributed by atoms with E-state index in [0.29, 0.717) is 35.5 Å². The summed E-state index contributed by atoms with van der Waals surface area (Å²) in [4.78, 5) is 35.9. The van der Waals surface area contributed by atoms with E-state index in [1.54, 1.807) is 12.4 Å². The summed E-state index contributed by atoms with van der Waals surface area (Å²) in [6.45, 7) is 5.32. The molecule has 1 N–H and O–H groups in total. The number of morpholine rings is 1. The minimum atomic E-state index is -0.669. The predicted octanol–water partition coefficient (Wildman–Crippen LogP) is 4.47. The monoisotopic (exact) mass is 550 g/mol. The van der Waals surface area contributed by atoms with Gasteiger partial charge in [0.2, 0.25) is 17.6 Å². The van der Waals surface area contributed by atoms with Crippen molar-refractivity contribution in [2.24, 2.45) is 11.8 Å². The average molecular weight is 551 g/mol. The minimum absolute atomic E-state index is 0.0379. The van der Waals surface area contributed by atoms with E-state index in [2.05, 4.69) is 31.5 Å². The first kappa shape index (κ1) is 24.7. The summed E-state index contributed by atoms with van der Waals surface area (Å²) >= 11 is 6.38. The molecule has 2 aliphatic carbocycles. The number of fused-ring (bicyclic) bond motifs is 1. The Kier molecular flexibility index (Phi) is 6.15. The summed E-state index contributed by atoms with van der Waals surface area (Å²) in [6.07, 6.45) is 11.5. The van der Waals surface area contributed by atoms with Gasteiger partial charge in [0, 0.05) is 31.0 Å². The van der Waals surface area contributed by atoms with Crippen LogP contribution in [0, 0.1) is 11.8 Å². The Morgan fingerprint density at radius 3 is 2.72 bits per heavy atom. The number of hydrogen-bond donors (Lipinski definition) is 1. The number of aromatic nitrogens is 7. The molecule has 3 fully saturated rings. The number of ether oxygens (including phenoxy) is 1. The maximum Gasteiger partial charge on any atom is 0.439 e. The molecule has 1 spiro atoms. The zero-order chi connectivity index (χ0) is 26.6. The lowest BCUT2D eigenvalue weighted by atomic mass is 9.75. The van der Waals surface area contributed by atoms with Gasteiger partial charge < -0.3 is 14.2 Å². The molecule has 1 aliphatic heterocycles. The molecular formula is C27H31ClN8O3. The lowest BCUT2D eigenvalue weighted by molar-refractivity contribution is 0.0118. The minimum Gasteiger partial charge on any atom is -0.377 e. The van der Waals surface area contributed by atoms with Crippen LogP contribution in [0.15, 0.2) is 27.8 Å². The van der Waals surface area contributed by atoms with Crippen LogP contribution in [-0.4, -0.2) is 59.9 Å². The predicted molar refractivity (Wildman–Crippen MR) is 146 cm³/mol. The Bertz CT molecular complexity index is 1570. The third kappa shape index (κ3) is 4.41. The van der Waals surface area contributed by atoms with Crippen molar-refractivity contribution < 1.29 is 9.26 Å². The fourth-order valence-corrected chi connectivity index (χ4v) is 6.57. The summed E-state index contributed by atoms with van der Waals surface area (Å²) < 4.78 is 13.0. The Hall–Kier alpha value is -3.31. The SMILES string of the molecule is CC1CCC(Cn2c(N3CCOCC34CCC4)nc3nc(-c4noc(=O)[nH]4)nc(-c4cncc(Cl)c4)c32)CC1. The number of imidazole rings is 1. The van der Waals surface area contributed by atoms with Crippen LogP contribution >= 0.6 is 11.6 Å². The van der Waals surface area contributed by atoms with Crippen LogP contribution in [0.4, 0.5) is 5.95 Å². The highest BCUT2D eigenvalue weighted by atomic mass is 35.5. The van der Waals surface area contributed by atoms with Crippen molar-refractivity contribution in [3.05, 3.63) is 34.0 Å². The van der Waals surface area contributed by atoms with Crippen molar-refractivity contribution in [1.29, 1.82) is 0 Å². The van der Waals surface area contributed by atoms with Crippen molar-refractivity contribution in [3.8, 4) is 22.9 Å². The number of nitrogens with one attached hydrogen (secondary N) is 1. The average Bonchev–Trinajstić information content (AvgIpc) is 3.52. The summed E-state index contributed by atoms with van der Waals surface area (Å²) in [6, 6.07) is 1.84. The molecule has 11 nitrogen and oxygen atoms in total. The van der Waals surface area contributed by atoms with Crippen LogP contribution < -0.4 is 10.7 Å². The first-order chi connectivity index (χ1) is 19.0. The molecule has 5 heterocycles. The molecule has 12 heteroatoms. The Labute approximate surface area is 230 Å². The quantitative estimate of drug-likeness (QED) is 0.382. The van der Waals surface area contributed by atoms with Gasteiger partial charge in [0.1, 0.15) is 11.2 Å². The van der Waals surface area contributed by atoms with Gasteiger partial charge in [-0.15, -0.1) is 0 Å². The molecule has 0 atom stereocenters. The second-order valence-corrected chi connectivity index (χ2v) is 11.8. The number of rotatable bonds is 5. The van der Waals surface area contributed by atoms with Crippen LogP contribution in [0.25, 0.3) is 34.1 Å². The largest absolute Gasteiger partial charge is 0.439 e. The third-order valence-corrected chi connectivity index (χ3v) is 8.92. The number of halogens is 1. The van der Waals surface area contributed by atoms with Gasteiger partial charge in [-0.2, -0.15) is 4.98 Å². The zero-order valence-corrected chi connectivity index (χ0v) is 22.7. The molecule has 4 aromatic rings. The molecule has 3 aliphatic rings. The van der Waals surface area contributed by atoms with Crippen LogP contribution in [0.1, 0.15) is 51.9 Å². The second kappa shape index (κ2) is 9.71. The van der Waals surface area contributed by atoms with Gasteiger partial charge in [-0.25, -0.2) is 14.8 Å². The standard InChI is InChI=1S/C27H31ClN8O3/c1-16-3-5-17(6-4-16)14-35-21-20(18-11-19(28)13-29-12-18)30-23(24-33-26(37)39-34-24)31-22(21)32-25(35)36-9-10-38-15-27(36)7-2-8-27/h11-13,16-17H,2-10,14-15H2,1H3,(H,33,34,37). The summed E-state index contributed by atoms with van der Waals surface area (Å²) in [5.74, 6) is 1.92. The van der Waals surface area contributed by atoms with E-state index in [4.69, 9.17) is 35.8 Å². The summed E-state index contributed by atoms with van der Waals surface area (Å²) in [5.41, 5.74) is 2.73. The van der Waals surface area contributed by atoms with E-state index in [1.807, 2.05) is 6.07 Å². The third-order valence-electron chi connectivity index (χ3n) is 8.72. The number of pyridine rings is 1. The molecule has 2 saturated carbocycles. The van der Waals surface area contributed by atoms with E-state index in [9.17, 15) is 4.79 Å². The zero-order valence-electron chi connectivity index (χ0n) is 21.9. The van der Waals surface area contributed by atoms with E-state index in [-0.39, 0.29) is 17.2 Å². The first-order valence-corrected chi connectivity index (χ1v) is 14.2. The number of nitrogens with zero attached hydrogens (tertiary/aromatic N) is 7. The molecule has 0 bridgehead atoms. The summed E-state index contributed by atoms with van der Waals surface area (Å²) in [7, 11) is 0. The Morgan fingerprint density at radius 1 is 1.15 bits per heavy atom. The van der Waals surface area contributed by atoms with E-state index in [0.717, 1.165) is 48.9 Å². The smallest absolute Gasteiger partial charge is 0.377 e. The van der Waals surface area contributed by atoms with Gasteiger partial charge >= 0.3 is 5.76 Å². The fraction of sp³-hybridized carbons (Fsp3) is 0.556. The summed E-state index contributed by atoms with van der Waals surface area (Å²) in [5, 5.41) is 4.34. The highest BCUT2D eigenvalue weighted by molar-refractivity contribution is 6.30. The Morgan fingerprint density at radius 2 is 2.00 bits per heavy atom. The van der Waals surface area contributed by atoms with Gasteiger partial charge in [0.05, 0.1) is 23.8 Å². The van der Waals surface area contributed by atoms with Crippen molar-refractivity contribution in [2.75, 3.05) is 24.7 Å². The first-order valence-electron chi connectivity index (χ1n) is 13.8. The molecule has 0 unspecified atom stereocenters. The van der Waals surface area contributed by atoms with Crippen LogP contribution in [0.2, 0.25) is 5.02 Å². The molecule has 0 radical (unpaired) electrons. The van der Waals surface area contributed by atoms with Crippen LogP contribution in [0.3, 0.4) is 0 Å². The van der Waals surface area contributed by atoms with E-state index in [1.165, 1.54) is 32.1 Å². The number of H-pyrrole nitrogens is 1. The van der Waals surface area contributed by atoms with Gasteiger partial charge in [-0.3, -0.25) is 14.5 Å². The topological polar surface area (TPSA) is 128 Å². The number of anilines is 1. The number of hydrogen-bond acceptors (Lipinski definition) is 9. The maximum atomic E-state index is 11.7. The molecule has 39 heavy (non-hydrogen) atoms. The lowest BCUT2D eigenvalue weighted by Crippen LogP contribution is -2.62. The van der Waals surface area contributed by atoms with Gasteiger partial charge in [0.25, 0.3) is 0 Å². The second-order valence-electron chi connectivity index (χ2n) is 11.3. The maximum absolute atomic E-state index is 11.7. The van der Waals surface area contributed by atoms with Crippen molar-refractivity contribution >= 4 is 28.7 Å². The highest BCUT2D eigenvalue weighted by Crippen LogP contribution is 2.44. The molecule has 204 valence electrons. The molecule has 0 amide bonds. The number of aromatic amines is 1. The van der Waals surface area contributed by atoms with Crippen molar-refractivity contribution in [1.82, 2.24) is 34.6 Å². The van der Waals surface area contributed by atoms with E-state index < -0.39 is 5.76 Å². The normalized spacial score (nSPS) is 22.9. The van der Waals surface area contributed by atoms with Crippen LogP contribution in [-0.2, 0) is 11.3 Å². The molecule has 7 rings (SSSR count). The lowest BCUT2D eigenvalue weighted by Gasteiger charge is -2.53. The van der Waals surface area contributed by atoms with E-state index >= 15 is 0 Å². The van der Waals surface area contributed by atoms with Crippen molar-refractivity contribution in [3.63, 3.8) is 0 Å². The Balaban J connectivity index is 1.45. The van der Waals surface area contributed by atoms with Gasteiger partial charge in [0.15, 0.2) is 5.65 Å². The molecular weight excluding hydrogens is 520 g/mol. The molecule has 4 aromatic heterocycles. The molecule has 0 aromatic carbocycles. The van der Waals surface area contributed by atoms with Gasteiger partial charge in [-0.1, -0.05) is 36.5 Å². The fourth-order valence-electron chi connectivity index (χ4n) is 6.39. The van der Waals surface area contributed by atoms with Crippen LogP contribution in [0.5, 0.6) is 0 Å².